The molecule has 1 saturated heterocycles. The number of hydrogen-bond donors (Lipinski definition) is 1. The number of rotatable bonds is 8. The standard InChI is InChI=1S/C14H28N2/c1-2-3-11-16-12-5-7-14(16)6-4-10-15-13-8-9-13/h13-15H,2-12H2,1H3/t14-/m1/s1. The van der Waals surface area contributed by atoms with Crippen LogP contribution in [-0.2, 0) is 0 Å². The van der Waals surface area contributed by atoms with E-state index < -0.39 is 0 Å². The van der Waals surface area contributed by atoms with E-state index in [9.17, 15) is 0 Å². The zero-order valence-corrected chi connectivity index (χ0v) is 10.9. The van der Waals surface area contributed by atoms with E-state index >= 15 is 0 Å². The molecule has 0 amide bonds. The Kier molecular flexibility index (Phi) is 5.11. The molecule has 94 valence electrons. The first-order chi connectivity index (χ1) is 7.90. The molecule has 0 aromatic heterocycles. The highest BCUT2D eigenvalue weighted by Gasteiger charge is 2.24. The number of nitrogens with one attached hydrogen (secondary N) is 1. The fourth-order valence-corrected chi connectivity index (χ4v) is 2.81. The molecule has 1 aliphatic heterocycles. The van der Waals surface area contributed by atoms with Crippen LogP contribution in [0.15, 0.2) is 0 Å². The van der Waals surface area contributed by atoms with Crippen molar-refractivity contribution < 1.29 is 0 Å². The van der Waals surface area contributed by atoms with Crippen LogP contribution in [0.1, 0.15) is 58.3 Å². The van der Waals surface area contributed by atoms with Gasteiger partial charge in [0.2, 0.25) is 0 Å². The summed E-state index contributed by atoms with van der Waals surface area (Å²) in [6, 6.07) is 1.80. The molecule has 0 aromatic carbocycles. The zero-order chi connectivity index (χ0) is 11.2. The van der Waals surface area contributed by atoms with Crippen LogP contribution in [0.25, 0.3) is 0 Å². The van der Waals surface area contributed by atoms with Crippen molar-refractivity contribution in [3.05, 3.63) is 0 Å². The van der Waals surface area contributed by atoms with E-state index in [2.05, 4.69) is 17.1 Å². The van der Waals surface area contributed by atoms with Crippen LogP contribution in [0.3, 0.4) is 0 Å². The molecule has 1 N–H and O–H groups in total. The predicted molar refractivity (Wildman–Crippen MR) is 69.8 cm³/mol. The maximum Gasteiger partial charge on any atom is 0.00962 e. The summed E-state index contributed by atoms with van der Waals surface area (Å²) < 4.78 is 0. The number of nitrogens with zero attached hydrogens (tertiary/aromatic N) is 1. The second kappa shape index (κ2) is 6.61. The van der Waals surface area contributed by atoms with Crippen molar-refractivity contribution in [2.24, 2.45) is 0 Å². The minimum atomic E-state index is 0.889. The van der Waals surface area contributed by atoms with Crippen molar-refractivity contribution in [3.8, 4) is 0 Å². The lowest BCUT2D eigenvalue weighted by Crippen LogP contribution is -2.31. The van der Waals surface area contributed by atoms with E-state index in [1.54, 1.807) is 0 Å². The normalized spacial score (nSPS) is 26.4. The minimum Gasteiger partial charge on any atom is -0.314 e. The molecule has 2 aliphatic rings. The molecule has 2 rings (SSSR count). The van der Waals surface area contributed by atoms with Gasteiger partial charge in [0, 0.05) is 12.1 Å². The highest BCUT2D eigenvalue weighted by atomic mass is 15.2. The van der Waals surface area contributed by atoms with Gasteiger partial charge in [0.15, 0.2) is 0 Å². The Morgan fingerprint density at radius 3 is 2.81 bits per heavy atom. The Labute approximate surface area is 101 Å². The molecule has 16 heavy (non-hydrogen) atoms. The third-order valence-electron chi connectivity index (χ3n) is 4.02. The summed E-state index contributed by atoms with van der Waals surface area (Å²) in [5.74, 6) is 0. The maximum absolute atomic E-state index is 3.62. The van der Waals surface area contributed by atoms with Crippen molar-refractivity contribution in [1.29, 1.82) is 0 Å². The monoisotopic (exact) mass is 224 g/mol. The second-order valence-corrected chi connectivity index (χ2v) is 5.56. The SMILES string of the molecule is CCCCN1CCC[C@H]1CCCNC1CC1. The molecular formula is C14H28N2. The van der Waals surface area contributed by atoms with Gasteiger partial charge in [-0.15, -0.1) is 0 Å². The fourth-order valence-electron chi connectivity index (χ4n) is 2.81. The van der Waals surface area contributed by atoms with Crippen molar-refractivity contribution in [2.45, 2.75) is 70.4 Å². The van der Waals surface area contributed by atoms with E-state index in [0.29, 0.717) is 0 Å². The van der Waals surface area contributed by atoms with Crippen molar-refractivity contribution >= 4 is 0 Å². The quantitative estimate of drug-likeness (QED) is 0.638. The molecule has 2 heteroatoms. The predicted octanol–water partition coefficient (Wildman–Crippen LogP) is 2.78. The minimum absolute atomic E-state index is 0.889. The lowest BCUT2D eigenvalue weighted by molar-refractivity contribution is 0.236. The molecular weight excluding hydrogens is 196 g/mol. The van der Waals surface area contributed by atoms with E-state index in [-0.39, 0.29) is 0 Å². The van der Waals surface area contributed by atoms with Gasteiger partial charge in [0.25, 0.3) is 0 Å². The first-order valence-electron chi connectivity index (χ1n) is 7.37. The summed E-state index contributed by atoms with van der Waals surface area (Å²) in [6.45, 7) is 6.26. The molecule has 2 nitrogen and oxygen atoms in total. The van der Waals surface area contributed by atoms with Gasteiger partial charge in [0.1, 0.15) is 0 Å². The molecule has 0 bridgehead atoms. The Morgan fingerprint density at radius 2 is 2.06 bits per heavy atom. The van der Waals surface area contributed by atoms with Crippen LogP contribution in [0.4, 0.5) is 0 Å². The van der Waals surface area contributed by atoms with Gasteiger partial charge in [-0.25, -0.2) is 0 Å². The Bertz CT molecular complexity index is 189. The number of likely N-dealkylation sites (tertiary alicyclic amines) is 1. The van der Waals surface area contributed by atoms with Crippen molar-refractivity contribution in [1.82, 2.24) is 10.2 Å². The Morgan fingerprint density at radius 1 is 1.19 bits per heavy atom. The third-order valence-corrected chi connectivity index (χ3v) is 4.02. The lowest BCUT2D eigenvalue weighted by Gasteiger charge is -2.24. The Balaban J connectivity index is 1.55. The van der Waals surface area contributed by atoms with Gasteiger partial charge < -0.3 is 10.2 Å². The van der Waals surface area contributed by atoms with Crippen LogP contribution in [-0.4, -0.2) is 36.6 Å². The van der Waals surface area contributed by atoms with Crippen LogP contribution < -0.4 is 5.32 Å². The average Bonchev–Trinajstić information content (AvgIpc) is 3.01. The largest absolute Gasteiger partial charge is 0.314 e. The Hall–Kier alpha value is -0.0800. The van der Waals surface area contributed by atoms with Gasteiger partial charge in [0.05, 0.1) is 0 Å². The second-order valence-electron chi connectivity index (χ2n) is 5.56. The van der Waals surface area contributed by atoms with Crippen LogP contribution in [0, 0.1) is 0 Å². The first-order valence-corrected chi connectivity index (χ1v) is 7.37. The summed E-state index contributed by atoms with van der Waals surface area (Å²) in [6.07, 6.45) is 11.3. The third kappa shape index (κ3) is 4.06. The molecule has 0 radical (unpaired) electrons. The number of unbranched alkanes of at least 4 members (excludes halogenated alkanes) is 1. The molecule has 1 aliphatic carbocycles. The summed E-state index contributed by atoms with van der Waals surface area (Å²) in [5.41, 5.74) is 0. The van der Waals surface area contributed by atoms with Crippen LogP contribution in [0.5, 0.6) is 0 Å². The molecule has 1 atom stereocenters. The van der Waals surface area contributed by atoms with E-state index in [0.717, 1.165) is 12.1 Å². The van der Waals surface area contributed by atoms with Gasteiger partial charge in [-0.1, -0.05) is 13.3 Å². The van der Waals surface area contributed by atoms with Crippen molar-refractivity contribution in [3.63, 3.8) is 0 Å². The van der Waals surface area contributed by atoms with Crippen molar-refractivity contribution in [2.75, 3.05) is 19.6 Å². The summed E-state index contributed by atoms with van der Waals surface area (Å²) in [5, 5.41) is 3.62. The van der Waals surface area contributed by atoms with E-state index in [1.807, 2.05) is 0 Å². The maximum atomic E-state index is 3.62. The molecule has 1 heterocycles. The molecule has 2 fully saturated rings. The van der Waals surface area contributed by atoms with Crippen LogP contribution >= 0.6 is 0 Å². The van der Waals surface area contributed by atoms with Gasteiger partial charge >= 0.3 is 0 Å². The van der Waals surface area contributed by atoms with Gasteiger partial charge in [-0.2, -0.15) is 0 Å². The van der Waals surface area contributed by atoms with E-state index in [1.165, 1.54) is 71.0 Å². The highest BCUT2D eigenvalue weighted by Crippen LogP contribution is 2.22. The van der Waals surface area contributed by atoms with Gasteiger partial charge in [-0.05, 0) is 64.6 Å². The molecule has 1 saturated carbocycles. The average molecular weight is 224 g/mol. The fraction of sp³-hybridized carbons (Fsp3) is 1.00. The molecule has 0 aromatic rings. The smallest absolute Gasteiger partial charge is 0.00962 e. The first kappa shape index (κ1) is 12.4. The lowest BCUT2D eigenvalue weighted by atomic mass is 10.1. The highest BCUT2D eigenvalue weighted by molar-refractivity contribution is 4.82. The zero-order valence-electron chi connectivity index (χ0n) is 10.9. The molecule has 0 unspecified atom stereocenters. The summed E-state index contributed by atoms with van der Waals surface area (Å²) >= 11 is 0. The molecule has 0 spiro atoms. The summed E-state index contributed by atoms with van der Waals surface area (Å²) in [7, 11) is 0. The van der Waals surface area contributed by atoms with E-state index in [4.69, 9.17) is 0 Å². The van der Waals surface area contributed by atoms with Crippen LogP contribution in [0.2, 0.25) is 0 Å². The summed E-state index contributed by atoms with van der Waals surface area (Å²) in [4.78, 5) is 2.74. The topological polar surface area (TPSA) is 15.3 Å². The van der Waals surface area contributed by atoms with Gasteiger partial charge in [-0.3, -0.25) is 0 Å². The number of hydrogen-bond acceptors (Lipinski definition) is 2.